The average molecular weight is 630 g/mol. The molecule has 6 rings (SSSR count). The molecule has 1 spiro atoms. The minimum atomic E-state index is -1.77. The monoisotopic (exact) mass is 629 g/mol. The zero-order valence-corrected chi connectivity index (χ0v) is 26.4. The first-order valence-electron chi connectivity index (χ1n) is 15.8. The van der Waals surface area contributed by atoms with Crippen LogP contribution in [0.1, 0.15) is 43.9 Å². The molecule has 10 heteroatoms. The molecule has 242 valence electrons. The smallest absolute Gasteiger partial charge is 0.414 e. The van der Waals surface area contributed by atoms with Crippen molar-refractivity contribution in [1.82, 2.24) is 4.90 Å². The molecule has 0 unspecified atom stereocenters. The van der Waals surface area contributed by atoms with Gasteiger partial charge in [-0.2, -0.15) is 0 Å². The quantitative estimate of drug-likeness (QED) is 0.331. The fourth-order valence-electron chi connectivity index (χ4n) is 7.51. The van der Waals surface area contributed by atoms with Gasteiger partial charge in [-0.15, -0.1) is 0 Å². The van der Waals surface area contributed by atoms with Gasteiger partial charge in [0.1, 0.15) is 12.3 Å². The lowest BCUT2D eigenvalue weighted by molar-refractivity contribution is -0.150. The maximum Gasteiger partial charge on any atom is 0.414 e. The zero-order valence-electron chi connectivity index (χ0n) is 26.4. The molecule has 3 aliphatic heterocycles. The van der Waals surface area contributed by atoms with Crippen LogP contribution in [0.5, 0.6) is 0 Å². The highest BCUT2D eigenvalue weighted by atomic mass is 19.1. The number of hydrogen-bond acceptors (Lipinski definition) is 6. The van der Waals surface area contributed by atoms with Crippen molar-refractivity contribution in [1.29, 1.82) is 0 Å². The molecule has 2 fully saturated rings. The Hall–Kier alpha value is -4.28. The fraction of sp³-hybridized carbons (Fsp3) is 0.417. The normalized spacial score (nSPS) is 24.1. The molecule has 2 saturated heterocycles. The number of fused-ring (bicyclic) bond motifs is 2. The van der Waals surface area contributed by atoms with Gasteiger partial charge >= 0.3 is 6.09 Å². The molecular weight excluding hydrogens is 589 g/mol. The van der Waals surface area contributed by atoms with E-state index >= 15 is 4.39 Å². The van der Waals surface area contributed by atoms with Crippen molar-refractivity contribution in [3.05, 3.63) is 95.6 Å². The van der Waals surface area contributed by atoms with Gasteiger partial charge in [0.05, 0.1) is 37.9 Å². The van der Waals surface area contributed by atoms with Crippen LogP contribution in [0.2, 0.25) is 0 Å². The van der Waals surface area contributed by atoms with E-state index in [0.717, 1.165) is 11.1 Å². The molecule has 3 aromatic carbocycles. The number of benzene rings is 3. The van der Waals surface area contributed by atoms with Crippen LogP contribution in [0.4, 0.5) is 20.6 Å². The third-order valence-corrected chi connectivity index (χ3v) is 9.51. The lowest BCUT2D eigenvalue weighted by Gasteiger charge is -2.32. The van der Waals surface area contributed by atoms with Gasteiger partial charge in [0.2, 0.25) is 5.91 Å². The predicted molar refractivity (Wildman–Crippen MR) is 171 cm³/mol. The average Bonchev–Trinajstić information content (AvgIpc) is 3.66. The number of para-hydroxylation sites is 1. The van der Waals surface area contributed by atoms with Crippen molar-refractivity contribution >= 4 is 29.3 Å². The Balaban J connectivity index is 1.31. The van der Waals surface area contributed by atoms with Crippen molar-refractivity contribution in [3.8, 4) is 0 Å². The summed E-state index contributed by atoms with van der Waals surface area (Å²) in [5, 5.41) is 9.74. The van der Waals surface area contributed by atoms with E-state index in [2.05, 4.69) is 0 Å². The Bertz CT molecular complexity index is 1610. The van der Waals surface area contributed by atoms with Crippen LogP contribution in [-0.4, -0.2) is 66.0 Å². The second-order valence-electron chi connectivity index (χ2n) is 12.8. The van der Waals surface area contributed by atoms with Crippen molar-refractivity contribution < 1.29 is 33.4 Å². The minimum Gasteiger partial charge on any atom is -0.447 e. The van der Waals surface area contributed by atoms with Gasteiger partial charge in [-0.05, 0) is 43.2 Å². The molecule has 0 radical (unpaired) electrons. The Kier molecular flexibility index (Phi) is 8.60. The van der Waals surface area contributed by atoms with Crippen molar-refractivity contribution in [2.75, 3.05) is 36.1 Å². The van der Waals surface area contributed by atoms with Crippen LogP contribution in [0.25, 0.3) is 0 Å². The van der Waals surface area contributed by atoms with Crippen LogP contribution in [0.3, 0.4) is 0 Å². The van der Waals surface area contributed by atoms with Gasteiger partial charge in [0.15, 0.2) is 5.60 Å². The van der Waals surface area contributed by atoms with E-state index in [1.54, 1.807) is 14.7 Å². The molecule has 0 saturated carbocycles. The fourth-order valence-corrected chi connectivity index (χ4v) is 7.51. The number of aliphatic hydroxyl groups excluding tert-OH is 1. The van der Waals surface area contributed by atoms with E-state index in [1.165, 1.54) is 13.8 Å². The molecule has 0 aromatic heterocycles. The molecule has 3 heterocycles. The zero-order chi connectivity index (χ0) is 32.6. The summed E-state index contributed by atoms with van der Waals surface area (Å²) in [5.41, 5.74) is 0.443. The largest absolute Gasteiger partial charge is 0.447 e. The Morgan fingerprint density at radius 2 is 1.76 bits per heavy atom. The summed E-state index contributed by atoms with van der Waals surface area (Å²) in [5.74, 6) is -1.97. The maximum absolute atomic E-state index is 16.1. The summed E-state index contributed by atoms with van der Waals surface area (Å²) in [6.07, 6.45) is -1.44. The summed E-state index contributed by atoms with van der Waals surface area (Å²) >= 11 is 0. The number of halogens is 1. The Morgan fingerprint density at radius 1 is 1.04 bits per heavy atom. The first-order chi connectivity index (χ1) is 22.0. The standard InChI is InChI=1S/C36H40FN3O6/c1-24-32(35(2,3)37)30(21-31(42)38(16-18-41)22-25-10-5-4-6-11-25)46-36(24)28-14-7-8-15-29(28)40(33(36)43)23-26-12-9-13-27(20-26)39-17-19-45-34(39)44/h4-15,20,24,30,32,41H,16-19,21-23H2,1-3H3/t24-,30+,32-,36+/m1/s1. The molecule has 46 heavy (non-hydrogen) atoms. The summed E-state index contributed by atoms with van der Waals surface area (Å²) in [7, 11) is 0. The number of carbonyl (C=O) groups excluding carboxylic acids is 3. The number of rotatable bonds is 10. The summed E-state index contributed by atoms with van der Waals surface area (Å²) in [6.45, 7) is 5.95. The number of cyclic esters (lactones) is 1. The topological polar surface area (TPSA) is 99.6 Å². The van der Waals surface area contributed by atoms with Crippen LogP contribution in [0, 0.1) is 11.8 Å². The highest BCUT2D eigenvalue weighted by Crippen LogP contribution is 2.58. The third-order valence-electron chi connectivity index (χ3n) is 9.51. The van der Waals surface area contributed by atoms with Crippen molar-refractivity contribution in [3.63, 3.8) is 0 Å². The van der Waals surface area contributed by atoms with Gasteiger partial charge in [-0.3, -0.25) is 14.5 Å². The highest BCUT2D eigenvalue weighted by Gasteiger charge is 2.66. The number of hydrogen-bond donors (Lipinski definition) is 1. The minimum absolute atomic E-state index is 0.120. The van der Waals surface area contributed by atoms with Crippen LogP contribution in [-0.2, 0) is 37.8 Å². The third kappa shape index (κ3) is 5.64. The Labute approximate surface area is 268 Å². The maximum atomic E-state index is 16.1. The van der Waals surface area contributed by atoms with Crippen molar-refractivity contribution in [2.45, 2.75) is 57.7 Å². The number of alkyl halides is 1. The second kappa shape index (κ2) is 12.5. The van der Waals surface area contributed by atoms with Gasteiger partial charge in [-0.25, -0.2) is 9.18 Å². The number of carbonyl (C=O) groups is 3. The van der Waals surface area contributed by atoms with Gasteiger partial charge in [0.25, 0.3) is 5.91 Å². The number of aliphatic hydroxyl groups is 1. The van der Waals surface area contributed by atoms with Gasteiger partial charge in [0, 0.05) is 36.2 Å². The molecule has 3 aromatic rings. The van der Waals surface area contributed by atoms with Crippen LogP contribution >= 0.6 is 0 Å². The first kappa shape index (κ1) is 31.7. The highest BCUT2D eigenvalue weighted by molar-refractivity contribution is 6.07. The molecule has 3 amide bonds. The molecule has 0 bridgehead atoms. The summed E-state index contributed by atoms with van der Waals surface area (Å²) in [4.78, 5) is 45.4. The SMILES string of the molecule is C[C@@H]1[C@@H](C(C)(C)F)[C@H](CC(=O)N(CCO)Cc2ccccc2)O[C@@]12C(=O)N(Cc1cccc(N3CCOC3=O)c1)c1ccccc12. The van der Waals surface area contributed by atoms with E-state index in [4.69, 9.17) is 9.47 Å². The molecule has 3 aliphatic rings. The van der Waals surface area contributed by atoms with Gasteiger partial charge in [-0.1, -0.05) is 67.6 Å². The lowest BCUT2D eigenvalue weighted by atomic mass is 9.71. The summed E-state index contributed by atoms with van der Waals surface area (Å²) in [6, 6.07) is 24.3. The van der Waals surface area contributed by atoms with Crippen LogP contribution < -0.4 is 9.80 Å². The number of nitrogens with zero attached hydrogens (tertiary/aromatic N) is 3. The second-order valence-corrected chi connectivity index (χ2v) is 12.8. The molecule has 0 aliphatic carbocycles. The van der Waals surface area contributed by atoms with E-state index in [1.807, 2.05) is 85.8 Å². The van der Waals surface area contributed by atoms with Gasteiger partial charge < -0.3 is 24.4 Å². The summed E-state index contributed by atoms with van der Waals surface area (Å²) < 4.78 is 28.0. The molecule has 4 atom stereocenters. The number of ether oxygens (including phenoxy) is 2. The van der Waals surface area contributed by atoms with E-state index in [-0.39, 0.29) is 37.9 Å². The molecule has 1 N–H and O–H groups in total. The first-order valence-corrected chi connectivity index (χ1v) is 15.8. The lowest BCUT2D eigenvalue weighted by Crippen LogP contribution is -2.45. The molecule has 9 nitrogen and oxygen atoms in total. The number of amides is 3. The van der Waals surface area contributed by atoms with Crippen molar-refractivity contribution in [2.24, 2.45) is 11.8 Å². The number of anilines is 2. The predicted octanol–water partition coefficient (Wildman–Crippen LogP) is 5.20. The van der Waals surface area contributed by atoms with Crippen LogP contribution in [0.15, 0.2) is 78.9 Å². The molecular formula is C36H40FN3O6. The van der Waals surface area contributed by atoms with E-state index < -0.39 is 35.3 Å². The van der Waals surface area contributed by atoms with E-state index in [0.29, 0.717) is 36.6 Å². The van der Waals surface area contributed by atoms with E-state index in [9.17, 15) is 19.5 Å². The Morgan fingerprint density at radius 3 is 2.46 bits per heavy atom.